The van der Waals surface area contributed by atoms with Gasteiger partial charge in [-0.25, -0.2) is 0 Å². The number of ether oxygens (including phenoxy) is 1. The Bertz CT molecular complexity index is 1210. The minimum atomic E-state index is -0.843. The molecule has 172 valence electrons. The molecule has 0 fully saturated rings. The molecule has 1 atom stereocenters. The molecule has 1 N–H and O–H groups in total. The SMILES string of the molecule is COc1cccc(N(C(=O)Cc2cccs2)C(C(=O)NCc2ccccc2)c2ccccc2)c1. The lowest BCUT2D eigenvalue weighted by Crippen LogP contribution is -2.44. The Morgan fingerprint density at radius 3 is 2.32 bits per heavy atom. The van der Waals surface area contributed by atoms with E-state index in [2.05, 4.69) is 5.32 Å². The van der Waals surface area contributed by atoms with Crippen molar-refractivity contribution in [3.05, 3.63) is 118 Å². The predicted molar refractivity (Wildman–Crippen MR) is 136 cm³/mol. The van der Waals surface area contributed by atoms with Crippen molar-refractivity contribution in [1.82, 2.24) is 5.32 Å². The Balaban J connectivity index is 1.73. The molecule has 5 nitrogen and oxygen atoms in total. The number of amides is 2. The summed E-state index contributed by atoms with van der Waals surface area (Å²) in [6.45, 7) is 0.369. The molecule has 3 aromatic carbocycles. The van der Waals surface area contributed by atoms with Crippen molar-refractivity contribution in [3.63, 3.8) is 0 Å². The lowest BCUT2D eigenvalue weighted by molar-refractivity contribution is -0.126. The van der Waals surface area contributed by atoms with Crippen LogP contribution in [-0.4, -0.2) is 18.9 Å². The minimum Gasteiger partial charge on any atom is -0.497 e. The van der Waals surface area contributed by atoms with Crippen LogP contribution >= 0.6 is 11.3 Å². The van der Waals surface area contributed by atoms with Crippen LogP contribution in [0.15, 0.2) is 102 Å². The number of anilines is 1. The van der Waals surface area contributed by atoms with Crippen molar-refractivity contribution >= 4 is 28.8 Å². The van der Waals surface area contributed by atoms with Gasteiger partial charge in [0.15, 0.2) is 0 Å². The Hall–Kier alpha value is -3.90. The van der Waals surface area contributed by atoms with Crippen molar-refractivity contribution < 1.29 is 14.3 Å². The van der Waals surface area contributed by atoms with Gasteiger partial charge in [-0.2, -0.15) is 0 Å². The quantitative estimate of drug-likeness (QED) is 0.357. The summed E-state index contributed by atoms with van der Waals surface area (Å²) in [5, 5.41) is 4.97. The largest absolute Gasteiger partial charge is 0.497 e. The summed E-state index contributed by atoms with van der Waals surface area (Å²) >= 11 is 1.52. The highest BCUT2D eigenvalue weighted by atomic mass is 32.1. The molecule has 0 aliphatic rings. The van der Waals surface area contributed by atoms with Crippen LogP contribution in [0, 0.1) is 0 Å². The summed E-state index contributed by atoms with van der Waals surface area (Å²) < 4.78 is 5.41. The van der Waals surface area contributed by atoms with Crippen LogP contribution in [0.25, 0.3) is 0 Å². The Labute approximate surface area is 203 Å². The van der Waals surface area contributed by atoms with E-state index in [4.69, 9.17) is 4.74 Å². The number of nitrogens with one attached hydrogen (secondary N) is 1. The van der Waals surface area contributed by atoms with Crippen LogP contribution in [0.5, 0.6) is 5.75 Å². The molecule has 1 heterocycles. The molecule has 0 bridgehead atoms. The van der Waals surface area contributed by atoms with Crippen molar-refractivity contribution in [2.24, 2.45) is 0 Å². The average molecular weight is 471 g/mol. The molecule has 0 aliphatic carbocycles. The summed E-state index contributed by atoms with van der Waals surface area (Å²) in [7, 11) is 1.58. The van der Waals surface area contributed by atoms with E-state index >= 15 is 0 Å². The lowest BCUT2D eigenvalue weighted by Gasteiger charge is -2.32. The molecular formula is C28H26N2O3S. The fourth-order valence-corrected chi connectivity index (χ4v) is 4.48. The molecule has 4 aromatic rings. The number of carbonyl (C=O) groups is 2. The highest BCUT2D eigenvalue weighted by Crippen LogP contribution is 2.31. The number of methoxy groups -OCH3 is 1. The number of carbonyl (C=O) groups excluding carboxylic acids is 2. The van der Waals surface area contributed by atoms with Crippen molar-refractivity contribution in [3.8, 4) is 5.75 Å². The number of rotatable bonds is 9. The number of hydrogen-bond donors (Lipinski definition) is 1. The van der Waals surface area contributed by atoms with E-state index in [1.165, 1.54) is 11.3 Å². The molecule has 4 rings (SSSR count). The second-order valence-electron chi connectivity index (χ2n) is 7.74. The van der Waals surface area contributed by atoms with Gasteiger partial charge in [0, 0.05) is 23.2 Å². The van der Waals surface area contributed by atoms with Gasteiger partial charge in [0.25, 0.3) is 0 Å². The Kier molecular flexibility index (Phi) is 7.73. The predicted octanol–water partition coefficient (Wildman–Crippen LogP) is 5.39. The fourth-order valence-electron chi connectivity index (χ4n) is 3.78. The van der Waals surface area contributed by atoms with Gasteiger partial charge in [0.05, 0.1) is 13.5 Å². The topological polar surface area (TPSA) is 58.6 Å². The summed E-state index contributed by atoms with van der Waals surface area (Å²) in [6.07, 6.45) is 0.199. The fraction of sp³-hybridized carbons (Fsp3) is 0.143. The molecule has 34 heavy (non-hydrogen) atoms. The Morgan fingerprint density at radius 1 is 0.912 bits per heavy atom. The second-order valence-corrected chi connectivity index (χ2v) is 8.77. The maximum atomic E-state index is 13.7. The van der Waals surface area contributed by atoms with E-state index in [0.29, 0.717) is 18.0 Å². The number of thiophene rings is 1. The van der Waals surface area contributed by atoms with Crippen LogP contribution in [0.4, 0.5) is 5.69 Å². The maximum absolute atomic E-state index is 13.7. The van der Waals surface area contributed by atoms with E-state index < -0.39 is 6.04 Å². The standard InChI is InChI=1S/C28H26N2O3S/c1-33-24-15-8-14-23(18-24)30(26(31)19-25-16-9-17-34-25)27(22-12-6-3-7-13-22)28(32)29-20-21-10-4-2-5-11-21/h2-18,27H,19-20H2,1H3,(H,29,32). The molecule has 0 spiro atoms. The first-order chi connectivity index (χ1) is 16.7. The van der Waals surface area contributed by atoms with Gasteiger partial charge in [0.1, 0.15) is 11.8 Å². The van der Waals surface area contributed by atoms with Crippen LogP contribution in [0.2, 0.25) is 0 Å². The molecule has 2 amide bonds. The van der Waals surface area contributed by atoms with E-state index in [9.17, 15) is 9.59 Å². The summed E-state index contributed by atoms with van der Waals surface area (Å²) in [5.41, 5.74) is 2.32. The van der Waals surface area contributed by atoms with E-state index in [0.717, 1.165) is 16.0 Å². The van der Waals surface area contributed by atoms with Crippen LogP contribution in [0.1, 0.15) is 22.0 Å². The zero-order chi connectivity index (χ0) is 23.8. The third-order valence-electron chi connectivity index (χ3n) is 5.44. The highest BCUT2D eigenvalue weighted by molar-refractivity contribution is 7.10. The van der Waals surface area contributed by atoms with Gasteiger partial charge in [-0.15, -0.1) is 11.3 Å². The molecule has 1 aromatic heterocycles. The first-order valence-electron chi connectivity index (χ1n) is 11.0. The normalized spacial score (nSPS) is 11.4. The Morgan fingerprint density at radius 2 is 1.65 bits per heavy atom. The van der Waals surface area contributed by atoms with Crippen LogP contribution < -0.4 is 15.0 Å². The minimum absolute atomic E-state index is 0.167. The van der Waals surface area contributed by atoms with E-state index in [1.807, 2.05) is 96.4 Å². The molecule has 0 aliphatic heterocycles. The third-order valence-corrected chi connectivity index (χ3v) is 6.31. The van der Waals surface area contributed by atoms with Crippen molar-refractivity contribution in [1.29, 1.82) is 0 Å². The molecule has 6 heteroatoms. The first-order valence-corrected chi connectivity index (χ1v) is 11.9. The average Bonchev–Trinajstić information content (AvgIpc) is 3.40. The van der Waals surface area contributed by atoms with E-state index in [-0.39, 0.29) is 18.2 Å². The zero-order valence-electron chi connectivity index (χ0n) is 18.9. The smallest absolute Gasteiger partial charge is 0.248 e. The number of benzene rings is 3. The molecule has 0 saturated heterocycles. The number of nitrogens with zero attached hydrogens (tertiary/aromatic N) is 1. The van der Waals surface area contributed by atoms with Gasteiger partial charge in [0.2, 0.25) is 11.8 Å². The van der Waals surface area contributed by atoms with Gasteiger partial charge in [-0.05, 0) is 34.7 Å². The van der Waals surface area contributed by atoms with E-state index in [1.54, 1.807) is 18.1 Å². The first kappa shape index (κ1) is 23.3. The van der Waals surface area contributed by atoms with Crippen molar-refractivity contribution in [2.75, 3.05) is 12.0 Å². The summed E-state index contributed by atoms with van der Waals surface area (Å²) in [6, 6.07) is 29.4. The summed E-state index contributed by atoms with van der Waals surface area (Å²) in [4.78, 5) is 29.9. The summed E-state index contributed by atoms with van der Waals surface area (Å²) in [5.74, 6) is 0.194. The second kappa shape index (κ2) is 11.3. The number of hydrogen-bond acceptors (Lipinski definition) is 4. The highest BCUT2D eigenvalue weighted by Gasteiger charge is 2.33. The zero-order valence-corrected chi connectivity index (χ0v) is 19.7. The van der Waals surface area contributed by atoms with Crippen LogP contribution in [-0.2, 0) is 22.6 Å². The molecule has 0 saturated carbocycles. The molecule has 0 radical (unpaired) electrons. The van der Waals surface area contributed by atoms with Crippen molar-refractivity contribution in [2.45, 2.75) is 19.0 Å². The molecular weight excluding hydrogens is 444 g/mol. The van der Waals surface area contributed by atoms with Gasteiger partial charge >= 0.3 is 0 Å². The third kappa shape index (κ3) is 5.71. The monoisotopic (exact) mass is 470 g/mol. The lowest BCUT2D eigenvalue weighted by atomic mass is 10.0. The van der Waals surface area contributed by atoms with Gasteiger partial charge in [-0.1, -0.05) is 72.8 Å². The van der Waals surface area contributed by atoms with Gasteiger partial charge < -0.3 is 10.1 Å². The molecule has 1 unspecified atom stereocenters. The maximum Gasteiger partial charge on any atom is 0.248 e. The van der Waals surface area contributed by atoms with Gasteiger partial charge in [-0.3, -0.25) is 14.5 Å². The van der Waals surface area contributed by atoms with Crippen LogP contribution in [0.3, 0.4) is 0 Å².